The summed E-state index contributed by atoms with van der Waals surface area (Å²) < 4.78 is 0. The first kappa shape index (κ1) is 15.8. The van der Waals surface area contributed by atoms with Crippen LogP contribution in [0, 0.1) is 11.8 Å². The van der Waals surface area contributed by atoms with Crippen LogP contribution in [-0.2, 0) is 4.79 Å². The van der Waals surface area contributed by atoms with E-state index in [4.69, 9.17) is 5.11 Å². The highest BCUT2D eigenvalue weighted by molar-refractivity contribution is 5.74. The Hall–Kier alpha value is -1.26. The van der Waals surface area contributed by atoms with E-state index in [-0.39, 0.29) is 12.5 Å². The summed E-state index contributed by atoms with van der Waals surface area (Å²) in [5, 5.41) is 11.6. The molecule has 1 fully saturated rings. The summed E-state index contributed by atoms with van der Waals surface area (Å²) >= 11 is 0. The molecule has 1 rings (SSSR count). The van der Waals surface area contributed by atoms with Crippen LogP contribution < -0.4 is 5.32 Å². The topological polar surface area (TPSA) is 69.6 Å². The Morgan fingerprint density at radius 1 is 1.37 bits per heavy atom. The van der Waals surface area contributed by atoms with Gasteiger partial charge in [0.1, 0.15) is 0 Å². The van der Waals surface area contributed by atoms with Crippen LogP contribution in [0.1, 0.15) is 46.0 Å². The molecule has 110 valence electrons. The van der Waals surface area contributed by atoms with Gasteiger partial charge in [0.2, 0.25) is 0 Å². The number of aliphatic carboxylic acids is 1. The van der Waals surface area contributed by atoms with E-state index in [1.54, 1.807) is 0 Å². The van der Waals surface area contributed by atoms with Gasteiger partial charge in [-0.1, -0.05) is 26.7 Å². The minimum absolute atomic E-state index is 0.00438. The van der Waals surface area contributed by atoms with Gasteiger partial charge < -0.3 is 15.3 Å². The predicted molar refractivity (Wildman–Crippen MR) is 74.0 cm³/mol. The summed E-state index contributed by atoms with van der Waals surface area (Å²) in [6, 6.07) is 0.00438. The summed E-state index contributed by atoms with van der Waals surface area (Å²) in [6.45, 7) is 6.46. The molecule has 0 aromatic carbocycles. The zero-order valence-corrected chi connectivity index (χ0v) is 12.0. The molecule has 1 unspecified atom stereocenters. The number of nitrogens with one attached hydrogen (secondary N) is 1. The van der Waals surface area contributed by atoms with Crippen molar-refractivity contribution in [3.63, 3.8) is 0 Å². The second-order valence-electron chi connectivity index (χ2n) is 5.40. The van der Waals surface area contributed by atoms with Gasteiger partial charge in [0, 0.05) is 26.1 Å². The molecule has 0 spiro atoms. The Labute approximate surface area is 115 Å². The molecule has 0 aromatic heterocycles. The van der Waals surface area contributed by atoms with Gasteiger partial charge in [-0.15, -0.1) is 0 Å². The van der Waals surface area contributed by atoms with Crippen LogP contribution in [0.5, 0.6) is 0 Å². The third-order valence-corrected chi connectivity index (χ3v) is 4.04. The molecule has 0 aromatic rings. The van der Waals surface area contributed by atoms with Crippen LogP contribution in [0.2, 0.25) is 0 Å². The average Bonchev–Trinajstić information content (AvgIpc) is 2.86. The summed E-state index contributed by atoms with van der Waals surface area (Å²) in [5.74, 6) is 0.140. The molecule has 5 heteroatoms. The van der Waals surface area contributed by atoms with Crippen molar-refractivity contribution >= 4 is 12.0 Å². The van der Waals surface area contributed by atoms with E-state index >= 15 is 0 Å². The molecule has 0 radical (unpaired) electrons. The Balaban J connectivity index is 2.25. The fraction of sp³-hybridized carbons (Fsp3) is 0.857. The van der Waals surface area contributed by atoms with E-state index in [1.165, 1.54) is 0 Å². The fourth-order valence-electron chi connectivity index (χ4n) is 2.50. The van der Waals surface area contributed by atoms with E-state index < -0.39 is 5.97 Å². The Morgan fingerprint density at radius 3 is 2.63 bits per heavy atom. The van der Waals surface area contributed by atoms with Crippen molar-refractivity contribution in [2.75, 3.05) is 19.6 Å². The first-order valence-corrected chi connectivity index (χ1v) is 7.31. The smallest absolute Gasteiger partial charge is 0.317 e. The van der Waals surface area contributed by atoms with Crippen molar-refractivity contribution in [3.05, 3.63) is 0 Å². The molecule has 1 aliphatic rings. The maximum Gasteiger partial charge on any atom is 0.317 e. The number of rotatable bonds is 7. The standard InChI is InChI=1S/C14H26N2O3/c1-3-11(4-2)9-15-14(19)16-8-7-12(10-16)5-6-13(17)18/h11-12H,3-10H2,1-2H3,(H,15,19)(H,17,18). The molecule has 2 amide bonds. The number of hydrogen-bond donors (Lipinski definition) is 2. The number of hydrogen-bond acceptors (Lipinski definition) is 2. The normalized spacial score (nSPS) is 18.9. The lowest BCUT2D eigenvalue weighted by molar-refractivity contribution is -0.137. The second kappa shape index (κ2) is 8.02. The summed E-state index contributed by atoms with van der Waals surface area (Å²) in [5.41, 5.74) is 0. The van der Waals surface area contributed by atoms with Gasteiger partial charge >= 0.3 is 12.0 Å². The summed E-state index contributed by atoms with van der Waals surface area (Å²) in [6.07, 6.45) is 3.96. The van der Waals surface area contributed by atoms with Gasteiger partial charge in [-0.2, -0.15) is 0 Å². The van der Waals surface area contributed by atoms with Gasteiger partial charge in [-0.3, -0.25) is 4.79 Å². The predicted octanol–water partition coefficient (Wildman–Crippen LogP) is 2.32. The molecule has 5 nitrogen and oxygen atoms in total. The van der Waals surface area contributed by atoms with E-state index in [0.29, 0.717) is 24.8 Å². The largest absolute Gasteiger partial charge is 0.481 e. The zero-order chi connectivity index (χ0) is 14.3. The van der Waals surface area contributed by atoms with Crippen molar-refractivity contribution in [2.24, 2.45) is 11.8 Å². The lowest BCUT2D eigenvalue weighted by Crippen LogP contribution is -2.40. The third kappa shape index (κ3) is 5.49. The molecule has 19 heavy (non-hydrogen) atoms. The van der Waals surface area contributed by atoms with E-state index in [9.17, 15) is 9.59 Å². The number of urea groups is 1. The van der Waals surface area contributed by atoms with Crippen LogP contribution in [-0.4, -0.2) is 41.6 Å². The van der Waals surface area contributed by atoms with Crippen molar-refractivity contribution < 1.29 is 14.7 Å². The summed E-state index contributed by atoms with van der Waals surface area (Å²) in [7, 11) is 0. The van der Waals surface area contributed by atoms with E-state index in [0.717, 1.165) is 32.4 Å². The van der Waals surface area contributed by atoms with E-state index in [2.05, 4.69) is 19.2 Å². The average molecular weight is 270 g/mol. The number of carboxylic acids is 1. The van der Waals surface area contributed by atoms with Crippen LogP contribution in [0.4, 0.5) is 4.79 Å². The third-order valence-electron chi connectivity index (χ3n) is 4.04. The fourth-order valence-corrected chi connectivity index (χ4v) is 2.50. The Kier molecular flexibility index (Phi) is 6.67. The lowest BCUT2D eigenvalue weighted by atomic mass is 10.0. The van der Waals surface area contributed by atoms with Crippen LogP contribution in [0.25, 0.3) is 0 Å². The van der Waals surface area contributed by atoms with Gasteiger partial charge in [-0.05, 0) is 24.7 Å². The lowest BCUT2D eigenvalue weighted by Gasteiger charge is -2.20. The van der Waals surface area contributed by atoms with Crippen molar-refractivity contribution in [2.45, 2.75) is 46.0 Å². The van der Waals surface area contributed by atoms with Gasteiger partial charge in [-0.25, -0.2) is 4.79 Å². The molecule has 1 saturated heterocycles. The highest BCUT2D eigenvalue weighted by Gasteiger charge is 2.26. The highest BCUT2D eigenvalue weighted by atomic mass is 16.4. The van der Waals surface area contributed by atoms with Gasteiger partial charge in [0.05, 0.1) is 0 Å². The van der Waals surface area contributed by atoms with Crippen molar-refractivity contribution in [1.29, 1.82) is 0 Å². The molecule has 0 saturated carbocycles. The highest BCUT2D eigenvalue weighted by Crippen LogP contribution is 2.21. The van der Waals surface area contributed by atoms with Crippen molar-refractivity contribution in [1.82, 2.24) is 10.2 Å². The molecule has 2 N–H and O–H groups in total. The number of amides is 2. The molecule has 0 bridgehead atoms. The van der Waals surface area contributed by atoms with Crippen LogP contribution in [0.15, 0.2) is 0 Å². The minimum Gasteiger partial charge on any atom is -0.481 e. The van der Waals surface area contributed by atoms with Crippen molar-refractivity contribution in [3.8, 4) is 0 Å². The number of likely N-dealkylation sites (tertiary alicyclic amines) is 1. The van der Waals surface area contributed by atoms with Gasteiger partial charge in [0.15, 0.2) is 0 Å². The first-order chi connectivity index (χ1) is 9.06. The number of carboxylic acid groups (broad SMARTS) is 1. The summed E-state index contributed by atoms with van der Waals surface area (Å²) in [4.78, 5) is 24.3. The maximum atomic E-state index is 12.0. The molecule has 1 heterocycles. The number of carbonyl (C=O) groups excluding carboxylic acids is 1. The quantitative estimate of drug-likeness (QED) is 0.746. The second-order valence-corrected chi connectivity index (χ2v) is 5.40. The van der Waals surface area contributed by atoms with E-state index in [1.807, 2.05) is 4.90 Å². The SMILES string of the molecule is CCC(CC)CNC(=O)N1CCC(CCC(=O)O)C1. The molecule has 1 aliphatic heterocycles. The minimum atomic E-state index is -0.753. The monoisotopic (exact) mass is 270 g/mol. The number of nitrogens with zero attached hydrogens (tertiary/aromatic N) is 1. The maximum absolute atomic E-state index is 12.0. The Morgan fingerprint density at radius 2 is 2.05 bits per heavy atom. The molecular formula is C14H26N2O3. The molecular weight excluding hydrogens is 244 g/mol. The first-order valence-electron chi connectivity index (χ1n) is 7.31. The zero-order valence-electron chi connectivity index (χ0n) is 12.0. The number of carbonyl (C=O) groups is 2. The van der Waals surface area contributed by atoms with Gasteiger partial charge in [0.25, 0.3) is 0 Å². The van der Waals surface area contributed by atoms with Crippen LogP contribution in [0.3, 0.4) is 0 Å². The Bertz CT molecular complexity index is 303. The molecule has 0 aliphatic carbocycles. The van der Waals surface area contributed by atoms with Crippen LogP contribution >= 0.6 is 0 Å². The molecule has 1 atom stereocenters.